The number of rotatable bonds is 5. The number of ether oxygens (including phenoxy) is 1. The van der Waals surface area contributed by atoms with Crippen LogP contribution in [0.4, 0.5) is 11.4 Å². The molecule has 0 saturated heterocycles. The third kappa shape index (κ3) is 3.63. The van der Waals surface area contributed by atoms with Crippen LogP contribution in [0.2, 0.25) is 0 Å². The van der Waals surface area contributed by atoms with Crippen molar-refractivity contribution < 1.29 is 14.5 Å². The van der Waals surface area contributed by atoms with Crippen LogP contribution >= 0.6 is 11.8 Å². The number of amides is 1. The first-order valence-corrected chi connectivity index (χ1v) is 6.09. The number of hydrogen-bond acceptors (Lipinski definition) is 5. The van der Waals surface area contributed by atoms with Crippen LogP contribution in [-0.4, -0.2) is 29.9 Å². The predicted molar refractivity (Wildman–Crippen MR) is 66.7 cm³/mol. The van der Waals surface area contributed by atoms with Gasteiger partial charge in [0.25, 0.3) is 5.69 Å². The van der Waals surface area contributed by atoms with Crippen molar-refractivity contribution >= 4 is 29.0 Å². The highest BCUT2D eigenvalue weighted by Crippen LogP contribution is 2.28. The minimum atomic E-state index is -0.524. The van der Waals surface area contributed by atoms with Gasteiger partial charge in [0.05, 0.1) is 23.5 Å². The molecule has 0 heterocycles. The van der Waals surface area contributed by atoms with Gasteiger partial charge in [0.1, 0.15) is 5.75 Å². The second-order valence-corrected chi connectivity index (χ2v) is 3.99. The number of methoxy groups -OCH3 is 1. The molecule has 1 aromatic carbocycles. The Morgan fingerprint density at radius 1 is 1.59 bits per heavy atom. The average Bonchev–Trinajstić information content (AvgIpc) is 2.29. The van der Waals surface area contributed by atoms with Crippen LogP contribution in [0, 0.1) is 10.1 Å². The Balaban J connectivity index is 2.97. The zero-order valence-corrected chi connectivity index (χ0v) is 10.2. The molecular formula is C10H12N2O4S. The highest BCUT2D eigenvalue weighted by atomic mass is 32.2. The van der Waals surface area contributed by atoms with E-state index in [-0.39, 0.29) is 17.3 Å². The van der Waals surface area contributed by atoms with E-state index >= 15 is 0 Å². The number of thioether (sulfide) groups is 1. The molecule has 1 aromatic rings. The maximum absolute atomic E-state index is 11.4. The van der Waals surface area contributed by atoms with Crippen LogP contribution in [0.1, 0.15) is 0 Å². The molecule has 1 amide bonds. The van der Waals surface area contributed by atoms with Crippen molar-refractivity contribution in [2.45, 2.75) is 0 Å². The number of benzene rings is 1. The molecule has 17 heavy (non-hydrogen) atoms. The van der Waals surface area contributed by atoms with Gasteiger partial charge in [0, 0.05) is 12.1 Å². The topological polar surface area (TPSA) is 81.5 Å². The third-order valence-corrected chi connectivity index (χ3v) is 2.49. The van der Waals surface area contributed by atoms with Gasteiger partial charge < -0.3 is 10.1 Å². The summed E-state index contributed by atoms with van der Waals surface area (Å²) in [7, 11) is 1.44. The lowest BCUT2D eigenvalue weighted by molar-refractivity contribution is -0.384. The van der Waals surface area contributed by atoms with Gasteiger partial charge in [-0.1, -0.05) is 0 Å². The van der Waals surface area contributed by atoms with Crippen LogP contribution in [0.3, 0.4) is 0 Å². The van der Waals surface area contributed by atoms with Crippen molar-refractivity contribution in [2.24, 2.45) is 0 Å². The van der Waals surface area contributed by atoms with Crippen molar-refractivity contribution in [3.05, 3.63) is 28.3 Å². The number of carbonyl (C=O) groups excluding carboxylic acids is 1. The molecule has 0 saturated carbocycles. The maximum atomic E-state index is 11.4. The van der Waals surface area contributed by atoms with E-state index in [9.17, 15) is 14.9 Å². The quantitative estimate of drug-likeness (QED) is 0.642. The number of carbonyl (C=O) groups is 1. The van der Waals surface area contributed by atoms with Gasteiger partial charge in [-0.3, -0.25) is 14.9 Å². The zero-order valence-electron chi connectivity index (χ0n) is 9.43. The van der Waals surface area contributed by atoms with E-state index < -0.39 is 4.92 Å². The second kappa shape index (κ2) is 6.09. The number of hydrogen-bond donors (Lipinski definition) is 1. The molecule has 7 heteroatoms. The highest BCUT2D eigenvalue weighted by Gasteiger charge is 2.13. The first-order valence-electron chi connectivity index (χ1n) is 4.69. The second-order valence-electron chi connectivity index (χ2n) is 3.12. The summed E-state index contributed by atoms with van der Waals surface area (Å²) in [6.07, 6.45) is 1.80. The van der Waals surface area contributed by atoms with E-state index in [1.54, 1.807) is 6.26 Å². The van der Waals surface area contributed by atoms with E-state index in [1.807, 2.05) is 0 Å². The van der Waals surface area contributed by atoms with Gasteiger partial charge in [-0.25, -0.2) is 0 Å². The minimum Gasteiger partial charge on any atom is -0.495 e. The molecule has 0 radical (unpaired) electrons. The van der Waals surface area contributed by atoms with E-state index in [2.05, 4.69) is 5.32 Å². The van der Waals surface area contributed by atoms with Crippen LogP contribution in [0.25, 0.3) is 0 Å². The third-order valence-electron chi connectivity index (χ3n) is 1.94. The van der Waals surface area contributed by atoms with Crippen LogP contribution in [-0.2, 0) is 4.79 Å². The number of anilines is 1. The summed E-state index contributed by atoms with van der Waals surface area (Å²) in [5.74, 6) is 0.451. The molecule has 0 aliphatic carbocycles. The lowest BCUT2D eigenvalue weighted by atomic mass is 10.2. The fourth-order valence-electron chi connectivity index (χ4n) is 1.22. The number of non-ortho nitro benzene ring substituents is 1. The van der Waals surface area contributed by atoms with Crippen molar-refractivity contribution in [3.63, 3.8) is 0 Å². The number of nitrogens with one attached hydrogen (secondary N) is 1. The zero-order chi connectivity index (χ0) is 12.8. The molecule has 0 aromatic heterocycles. The molecule has 0 atom stereocenters. The monoisotopic (exact) mass is 256 g/mol. The Morgan fingerprint density at radius 2 is 2.29 bits per heavy atom. The molecule has 92 valence electrons. The Hall–Kier alpha value is -1.76. The summed E-state index contributed by atoms with van der Waals surface area (Å²) in [6, 6.07) is 4.05. The van der Waals surface area contributed by atoms with E-state index in [4.69, 9.17) is 4.74 Å². The summed E-state index contributed by atoms with van der Waals surface area (Å²) in [4.78, 5) is 21.5. The number of nitrogens with zero attached hydrogens (tertiary/aromatic N) is 1. The largest absolute Gasteiger partial charge is 0.495 e. The SMILES string of the molecule is COc1ccc([N+](=O)[O-])cc1NC(=O)CSC. The predicted octanol–water partition coefficient (Wildman–Crippen LogP) is 1.90. The minimum absolute atomic E-state index is 0.0924. The molecule has 1 N–H and O–H groups in total. The van der Waals surface area contributed by atoms with Crippen molar-refractivity contribution in [3.8, 4) is 5.75 Å². The molecular weight excluding hydrogens is 244 g/mol. The molecule has 0 fully saturated rings. The fraction of sp³-hybridized carbons (Fsp3) is 0.300. The first-order chi connectivity index (χ1) is 8.08. The Bertz CT molecular complexity index is 436. The van der Waals surface area contributed by atoms with Gasteiger partial charge in [-0.2, -0.15) is 11.8 Å². The average molecular weight is 256 g/mol. The first kappa shape index (κ1) is 13.3. The van der Waals surface area contributed by atoms with Crippen LogP contribution in [0.15, 0.2) is 18.2 Å². The Morgan fingerprint density at radius 3 is 2.82 bits per heavy atom. The Labute approximate surface area is 102 Å². The molecule has 0 bridgehead atoms. The summed E-state index contributed by atoms with van der Waals surface area (Å²) in [5, 5.41) is 13.2. The summed E-state index contributed by atoms with van der Waals surface area (Å²) < 4.78 is 5.01. The van der Waals surface area contributed by atoms with Gasteiger partial charge in [-0.05, 0) is 12.3 Å². The fourth-order valence-corrected chi connectivity index (χ4v) is 1.56. The molecule has 0 spiro atoms. The van der Waals surface area contributed by atoms with E-state index in [1.165, 1.54) is 37.1 Å². The van der Waals surface area contributed by atoms with Crippen molar-refractivity contribution in [2.75, 3.05) is 24.4 Å². The van der Waals surface area contributed by atoms with Gasteiger partial charge in [0.15, 0.2) is 0 Å². The maximum Gasteiger partial charge on any atom is 0.271 e. The number of nitro groups is 1. The van der Waals surface area contributed by atoms with Crippen molar-refractivity contribution in [1.29, 1.82) is 0 Å². The van der Waals surface area contributed by atoms with Gasteiger partial charge >= 0.3 is 0 Å². The lowest BCUT2D eigenvalue weighted by Gasteiger charge is -2.09. The molecule has 0 aliphatic rings. The smallest absolute Gasteiger partial charge is 0.271 e. The highest BCUT2D eigenvalue weighted by molar-refractivity contribution is 7.99. The standard InChI is InChI=1S/C10H12N2O4S/c1-16-9-4-3-7(12(14)15)5-8(9)11-10(13)6-17-2/h3-5H,6H2,1-2H3,(H,11,13). The van der Waals surface area contributed by atoms with Crippen LogP contribution < -0.4 is 10.1 Å². The molecule has 0 aliphatic heterocycles. The van der Waals surface area contributed by atoms with E-state index in [0.717, 1.165) is 0 Å². The van der Waals surface area contributed by atoms with Gasteiger partial charge in [-0.15, -0.1) is 0 Å². The molecule has 1 rings (SSSR count). The normalized spacial score (nSPS) is 9.76. The van der Waals surface area contributed by atoms with Crippen molar-refractivity contribution in [1.82, 2.24) is 0 Å². The molecule has 0 unspecified atom stereocenters. The Kier molecular flexibility index (Phi) is 4.77. The number of nitro benzene ring substituents is 1. The summed E-state index contributed by atoms with van der Waals surface area (Å²) >= 11 is 1.37. The summed E-state index contributed by atoms with van der Waals surface area (Å²) in [5.41, 5.74) is 0.214. The summed E-state index contributed by atoms with van der Waals surface area (Å²) in [6.45, 7) is 0. The van der Waals surface area contributed by atoms with Crippen LogP contribution in [0.5, 0.6) is 5.75 Å². The van der Waals surface area contributed by atoms with Gasteiger partial charge in [0.2, 0.25) is 5.91 Å². The molecule has 6 nitrogen and oxygen atoms in total. The lowest BCUT2D eigenvalue weighted by Crippen LogP contribution is -2.14. The van der Waals surface area contributed by atoms with E-state index in [0.29, 0.717) is 11.4 Å².